The Morgan fingerprint density at radius 3 is 0.890 bits per heavy atom. The van der Waals surface area contributed by atoms with Crippen LogP contribution in [0.2, 0.25) is 0 Å². The second kappa shape index (κ2) is 42.1. The van der Waals surface area contributed by atoms with Gasteiger partial charge in [-0.25, -0.2) is 0 Å². The third-order valence-electron chi connectivity index (χ3n) is 22.0. The summed E-state index contributed by atoms with van der Waals surface area (Å²) in [5.74, 6) is -0.250. The monoisotopic (exact) mass is 2760 g/mol. The summed E-state index contributed by atoms with van der Waals surface area (Å²) >= 11 is 0.638. The van der Waals surface area contributed by atoms with Gasteiger partial charge in [0, 0.05) is 105 Å². The average Bonchev–Trinajstić information content (AvgIpc) is 1.55. The molecule has 0 amide bonds. The first-order valence-corrected chi connectivity index (χ1v) is 48.8. The maximum atomic E-state index is 10.0. The van der Waals surface area contributed by atoms with E-state index >= 15 is 0 Å². The molecule has 20 aromatic heterocycles. The molecule has 0 aliphatic carbocycles. The van der Waals surface area contributed by atoms with E-state index in [4.69, 9.17) is 35.4 Å². The molecule has 26 rings (SSSR count). The number of benzene rings is 6. The molecule has 680 valence electrons. The topological polar surface area (TPSA) is 270 Å². The molecule has 0 aliphatic heterocycles. The molecule has 0 saturated heterocycles. The van der Waals surface area contributed by atoms with Crippen LogP contribution >= 0.6 is 0 Å². The number of aliphatic hydroxyl groups excluding tert-OH is 4. The van der Waals surface area contributed by atoms with Gasteiger partial charge in [-0.05, 0) is 55.4 Å². The van der Waals surface area contributed by atoms with Gasteiger partial charge in [-0.15, -0.1) is 0 Å². The number of nitrogens with zero attached hydrogens (tertiary/aromatic N) is 12. The molecule has 20 nitrogen and oxygen atoms in total. The predicted molar refractivity (Wildman–Crippen MR) is 535 cm³/mol. The molecule has 0 spiro atoms. The Hall–Kier alpha value is -12.3. The number of fused-ring (bicyclic) bond motifs is 26. The van der Waals surface area contributed by atoms with Gasteiger partial charge in [0.2, 0.25) is 0 Å². The number of carbonyl (C=O) groups excluding carboxylic acids is 4. The van der Waals surface area contributed by atoms with Crippen molar-refractivity contribution in [2.24, 2.45) is 0 Å². The first kappa shape index (κ1) is 98.2. The van der Waals surface area contributed by atoms with Crippen molar-refractivity contribution in [3.8, 4) is 40.5 Å². The van der Waals surface area contributed by atoms with Gasteiger partial charge in [0.1, 0.15) is 0 Å². The summed E-state index contributed by atoms with van der Waals surface area (Å²) in [5, 5.41) is 55.5. The molecule has 4 N–H and O–H groups in total. The molecular formula is C108H76Ir4N12O8Se4-4. The van der Waals surface area contributed by atoms with Gasteiger partial charge >= 0.3 is 618 Å². The first-order chi connectivity index (χ1) is 64.1. The minimum atomic E-state index is -0.125. The second-order valence-electron chi connectivity index (χ2n) is 31.4. The summed E-state index contributed by atoms with van der Waals surface area (Å²) in [6, 6.07) is 86.5. The van der Waals surface area contributed by atoms with Crippen LogP contribution in [0.4, 0.5) is 0 Å². The minimum absolute atomic E-state index is 0. The summed E-state index contributed by atoms with van der Waals surface area (Å²) in [5.41, 5.74) is 16.4. The Morgan fingerprint density at radius 2 is 0.551 bits per heavy atom. The standard InChI is InChI=1S/2C24H12N3Se.2C20H10N3Se.4C5H8O2.4Ir/c1-2-6-15-14(5-1)9-11-25-21(15)20-13-18-22-23-17(10-12-26-22)16-7-3-4-8-19(16)27(23)24(18)28-20;1-2-6-15-14(5-1)9-10-26-22(15)21-11-17-19-13-25-12-18-16-7-3-4-8-20(16)27(23(18)19)24(17)28-21;1-2-7-16-12(5-1)13-8-10-22-18-14-11-17(15-6-3-4-9-21-15)24-20(14)23(16)19(13)18;1-2-7-17-12(5-1)14-10-21-11-15-13-9-18(16-6-3-4-8-22-16)24-20(13)23(17)19(14)15;4*1-4(6)3-5(2)7;;;;/h1-12H;1-10,12-13H;1-10H;1-8,10-11H;4*3,6H,1-2H3;;;;/q4*-1;;;;;;;;. The van der Waals surface area contributed by atoms with Crippen LogP contribution in [0.3, 0.4) is 0 Å². The Bertz CT molecular complexity index is 8490. The van der Waals surface area contributed by atoms with Crippen molar-refractivity contribution in [3.05, 3.63) is 340 Å². The van der Waals surface area contributed by atoms with E-state index < -0.39 is 0 Å². The van der Waals surface area contributed by atoms with Crippen molar-refractivity contribution >= 4 is 251 Å². The fraction of sp³-hybridized carbons (Fsp3) is 0.0741. The molecule has 28 heteroatoms. The Kier molecular flexibility index (Phi) is 30.4. The number of hydrogen-bond donors (Lipinski definition) is 4. The van der Waals surface area contributed by atoms with Crippen LogP contribution in [0, 0.1) is 24.3 Å². The summed E-state index contributed by atoms with van der Waals surface area (Å²) in [7, 11) is 0. The third kappa shape index (κ3) is 19.0. The van der Waals surface area contributed by atoms with E-state index in [1.807, 2.05) is 86.2 Å². The van der Waals surface area contributed by atoms with Gasteiger partial charge in [-0.1, -0.05) is 0 Å². The molecule has 4 radical (unpaired) electrons. The number of ketones is 4. The molecule has 0 unspecified atom stereocenters. The van der Waals surface area contributed by atoms with Crippen molar-refractivity contribution in [2.45, 2.75) is 55.4 Å². The molecule has 136 heavy (non-hydrogen) atoms. The van der Waals surface area contributed by atoms with Crippen LogP contribution in [0.5, 0.6) is 0 Å². The first-order valence-electron chi connectivity index (χ1n) is 41.9. The average molecular weight is 2750 g/mol. The van der Waals surface area contributed by atoms with E-state index in [0.717, 1.165) is 44.6 Å². The molecule has 6 aromatic carbocycles. The third-order valence-corrected chi connectivity index (χ3v) is 31.1. The molecule has 0 atom stereocenters. The zero-order chi connectivity index (χ0) is 91.3. The van der Waals surface area contributed by atoms with Crippen LogP contribution in [0.25, 0.3) is 210 Å². The molecule has 0 fully saturated rings. The maximum absolute atomic E-state index is 10.0. The van der Waals surface area contributed by atoms with Crippen molar-refractivity contribution < 1.29 is 120 Å². The van der Waals surface area contributed by atoms with Crippen LogP contribution < -0.4 is 0 Å². The number of pyridine rings is 8. The van der Waals surface area contributed by atoms with Crippen LogP contribution in [-0.2, 0) is 99.6 Å². The number of allylic oxidation sites excluding steroid dienone is 8. The van der Waals surface area contributed by atoms with Gasteiger partial charge in [0.25, 0.3) is 0 Å². The zero-order valence-electron chi connectivity index (χ0n) is 73.5. The van der Waals surface area contributed by atoms with Crippen LogP contribution in [0.1, 0.15) is 55.4 Å². The van der Waals surface area contributed by atoms with Gasteiger partial charge in [-0.2, -0.15) is 0 Å². The van der Waals surface area contributed by atoms with Crippen molar-refractivity contribution in [3.63, 3.8) is 0 Å². The molecular weight excluding hydrogens is 2680 g/mol. The number of hydrogen-bond acceptors (Lipinski definition) is 16. The zero-order valence-corrected chi connectivity index (χ0v) is 89.9. The van der Waals surface area contributed by atoms with Crippen LogP contribution in [0.15, 0.2) is 316 Å². The van der Waals surface area contributed by atoms with Crippen molar-refractivity contribution in [2.75, 3.05) is 0 Å². The van der Waals surface area contributed by atoms with Gasteiger partial charge < -0.3 is 20.4 Å². The number of aliphatic hydroxyl groups is 4. The van der Waals surface area contributed by atoms with E-state index in [-0.39, 0.29) is 185 Å². The second-order valence-corrected chi connectivity index (χ2v) is 39.8. The normalized spacial score (nSPS) is 11.7. The van der Waals surface area contributed by atoms with E-state index in [2.05, 4.69) is 249 Å². The van der Waals surface area contributed by atoms with Crippen molar-refractivity contribution in [1.29, 1.82) is 0 Å². The number of para-hydroxylation sites is 4. The fourth-order valence-corrected chi connectivity index (χ4v) is 26.6. The SMILES string of the molecule is CC(=O)C=C(C)O.CC(=O)C=C(C)O.CC(=O)C=C(C)O.CC(=O)C=C(C)O.[Ir].[Ir].[Ir].[Ir].[c-]1c(-c2ccccn2)[se]c2c1c1cncc3c4ccccc4n2c13.[c-]1c(-c2ccccn2)[se]c2c1c1nccc3c4ccccc4n2c31.[c-]1c(-c2nccc3ccccc23)[se]c2c1c1cncc3c4ccccc4n2c13.[c-]1c(-c2nccc3ccccc23)[se]c2c1c1nccc3c4ccccc4n2c31. The molecule has 20 heterocycles. The van der Waals surface area contributed by atoms with Crippen molar-refractivity contribution in [1.82, 2.24) is 57.5 Å². The summed E-state index contributed by atoms with van der Waals surface area (Å²) in [6.07, 6.45) is 23.9. The van der Waals surface area contributed by atoms with Crippen LogP contribution in [-0.4, -0.2) is 159 Å². The molecule has 0 saturated carbocycles. The molecule has 26 aromatic rings. The Morgan fingerprint density at radius 1 is 0.272 bits per heavy atom. The summed E-state index contributed by atoms with van der Waals surface area (Å²) < 4.78 is 19.9. The molecule has 0 bridgehead atoms. The number of aromatic nitrogens is 12. The summed E-state index contributed by atoms with van der Waals surface area (Å²) in [4.78, 5) is 77.0. The fourth-order valence-electron chi connectivity index (χ4n) is 17.1. The van der Waals surface area contributed by atoms with Gasteiger partial charge in [-0.3, -0.25) is 19.2 Å². The van der Waals surface area contributed by atoms with E-state index in [1.54, 1.807) is 0 Å². The number of rotatable bonds is 8. The van der Waals surface area contributed by atoms with E-state index in [0.29, 0.717) is 0 Å². The van der Waals surface area contributed by atoms with Gasteiger partial charge in [0.05, 0.1) is 23.0 Å². The van der Waals surface area contributed by atoms with E-state index in [9.17, 15) is 19.2 Å². The quantitative estimate of drug-likeness (QED) is 0.0476. The van der Waals surface area contributed by atoms with Gasteiger partial charge in [0.15, 0.2) is 23.1 Å². The van der Waals surface area contributed by atoms with E-state index in [1.165, 1.54) is 245 Å². The predicted octanol–water partition coefficient (Wildman–Crippen LogP) is 23.0. The summed E-state index contributed by atoms with van der Waals surface area (Å²) in [6.45, 7) is 11.4. The Labute approximate surface area is 855 Å². The Balaban J connectivity index is 0.000000125. The molecule has 0 aliphatic rings. The number of carbonyl (C=O) groups is 4.